The van der Waals surface area contributed by atoms with Crippen molar-refractivity contribution in [3.8, 4) is 0 Å². The monoisotopic (exact) mass is 310 g/mol. The van der Waals surface area contributed by atoms with Crippen molar-refractivity contribution in [3.63, 3.8) is 0 Å². The molecule has 114 valence electrons. The Morgan fingerprint density at radius 3 is 2.38 bits per heavy atom. The van der Waals surface area contributed by atoms with Gasteiger partial charge < -0.3 is 5.32 Å². The summed E-state index contributed by atoms with van der Waals surface area (Å²) in [5, 5.41) is 14.4. The highest BCUT2D eigenvalue weighted by atomic mass is 35.5. The van der Waals surface area contributed by atoms with Crippen LogP contribution in [-0.2, 0) is 10.3 Å². The first-order chi connectivity index (χ1) is 9.93. The van der Waals surface area contributed by atoms with E-state index >= 15 is 0 Å². The van der Waals surface area contributed by atoms with Gasteiger partial charge in [0.1, 0.15) is 5.92 Å². The van der Waals surface area contributed by atoms with Gasteiger partial charge in [-0.3, -0.25) is 14.9 Å². The van der Waals surface area contributed by atoms with Crippen molar-refractivity contribution in [1.29, 1.82) is 0 Å². The van der Waals surface area contributed by atoms with E-state index in [9.17, 15) is 14.9 Å². The largest absolute Gasteiger partial charge is 0.346 e. The summed E-state index contributed by atoms with van der Waals surface area (Å²) < 4.78 is 0. The van der Waals surface area contributed by atoms with Crippen LogP contribution in [0.1, 0.15) is 38.7 Å². The maximum atomic E-state index is 12.3. The van der Waals surface area contributed by atoms with Crippen LogP contribution in [-0.4, -0.2) is 16.9 Å². The van der Waals surface area contributed by atoms with Crippen molar-refractivity contribution in [1.82, 2.24) is 5.32 Å². The molecule has 2 atom stereocenters. The number of hydrogen-bond donors (Lipinski definition) is 1. The second kappa shape index (κ2) is 6.02. The molecule has 1 aliphatic carbocycles. The first kappa shape index (κ1) is 15.8. The number of nitrogens with one attached hydrogen (secondary N) is 1. The minimum Gasteiger partial charge on any atom is -0.346 e. The molecule has 0 saturated heterocycles. The van der Waals surface area contributed by atoms with Crippen LogP contribution in [0.15, 0.2) is 24.3 Å². The summed E-state index contributed by atoms with van der Waals surface area (Å²) in [6, 6.07) is 6.66. The number of amides is 1. The quantitative estimate of drug-likeness (QED) is 0.648. The van der Waals surface area contributed by atoms with Gasteiger partial charge >= 0.3 is 0 Å². The van der Waals surface area contributed by atoms with Crippen LogP contribution in [0.4, 0.5) is 0 Å². The number of nitro groups is 1. The van der Waals surface area contributed by atoms with Crippen LogP contribution in [0.5, 0.6) is 0 Å². The molecular weight excluding hydrogens is 292 g/mol. The van der Waals surface area contributed by atoms with Crippen molar-refractivity contribution in [2.75, 3.05) is 0 Å². The van der Waals surface area contributed by atoms with Gasteiger partial charge in [-0.2, -0.15) is 0 Å². The van der Waals surface area contributed by atoms with Crippen LogP contribution in [0.25, 0.3) is 0 Å². The van der Waals surface area contributed by atoms with E-state index in [-0.39, 0.29) is 10.8 Å². The number of benzene rings is 1. The van der Waals surface area contributed by atoms with Gasteiger partial charge in [0, 0.05) is 16.4 Å². The number of carbonyl (C=O) groups is 1. The third-order valence-corrected chi connectivity index (χ3v) is 4.58. The molecule has 21 heavy (non-hydrogen) atoms. The van der Waals surface area contributed by atoms with Crippen LogP contribution >= 0.6 is 11.6 Å². The van der Waals surface area contributed by atoms with Gasteiger partial charge in [-0.05, 0) is 30.5 Å². The fraction of sp³-hybridized carbons (Fsp3) is 0.533. The van der Waals surface area contributed by atoms with Gasteiger partial charge in [-0.25, -0.2) is 0 Å². The van der Waals surface area contributed by atoms with E-state index in [0.717, 1.165) is 5.56 Å². The Bertz CT molecular complexity index is 540. The molecule has 0 spiro atoms. The fourth-order valence-corrected chi connectivity index (χ4v) is 2.83. The molecule has 1 N–H and O–H groups in total. The summed E-state index contributed by atoms with van der Waals surface area (Å²) in [7, 11) is 0. The molecule has 6 heteroatoms. The topological polar surface area (TPSA) is 72.2 Å². The van der Waals surface area contributed by atoms with E-state index in [1.165, 1.54) is 0 Å². The van der Waals surface area contributed by atoms with E-state index in [4.69, 9.17) is 11.6 Å². The maximum Gasteiger partial charge on any atom is 0.231 e. The zero-order valence-corrected chi connectivity index (χ0v) is 12.9. The molecule has 0 radical (unpaired) electrons. The van der Waals surface area contributed by atoms with Gasteiger partial charge in [-0.1, -0.05) is 37.6 Å². The lowest BCUT2D eigenvalue weighted by molar-refractivity contribution is -0.497. The Morgan fingerprint density at radius 1 is 1.38 bits per heavy atom. The Balaban J connectivity index is 2.17. The summed E-state index contributed by atoms with van der Waals surface area (Å²) in [5.74, 6) is -0.722. The van der Waals surface area contributed by atoms with Crippen molar-refractivity contribution < 1.29 is 9.72 Å². The first-order valence-corrected chi connectivity index (χ1v) is 7.53. The first-order valence-electron chi connectivity index (χ1n) is 7.15. The Labute approximate surface area is 128 Å². The lowest BCUT2D eigenvalue weighted by Crippen LogP contribution is -2.46. The zero-order valence-electron chi connectivity index (χ0n) is 12.1. The average molecular weight is 311 g/mol. The summed E-state index contributed by atoms with van der Waals surface area (Å²) in [6.07, 6.45) is 1.77. The number of nitrogens with zero attached hydrogens (tertiary/aromatic N) is 1. The Morgan fingerprint density at radius 2 is 1.95 bits per heavy atom. The highest BCUT2D eigenvalue weighted by molar-refractivity contribution is 6.30. The van der Waals surface area contributed by atoms with E-state index in [0.29, 0.717) is 24.3 Å². The third-order valence-electron chi connectivity index (χ3n) is 4.33. The Kier molecular flexibility index (Phi) is 4.52. The smallest absolute Gasteiger partial charge is 0.231 e. The lowest BCUT2D eigenvalue weighted by atomic mass is 9.84. The summed E-state index contributed by atoms with van der Waals surface area (Å²) in [6.45, 7) is 3.99. The molecule has 5 nitrogen and oxygen atoms in total. The molecule has 0 aliphatic heterocycles. The second-order valence-electron chi connectivity index (χ2n) is 5.48. The SMILES string of the molecule is CCC(CC)(NC(=O)C1CC1[N+](=O)[O-])c1ccc(Cl)cc1. The lowest BCUT2D eigenvalue weighted by Gasteiger charge is -2.33. The van der Waals surface area contributed by atoms with Gasteiger partial charge in [-0.15, -0.1) is 0 Å². The molecule has 1 fully saturated rings. The minimum absolute atomic E-state index is 0.227. The van der Waals surface area contributed by atoms with Crippen molar-refractivity contribution in [2.24, 2.45) is 5.92 Å². The Hall–Kier alpha value is -1.62. The van der Waals surface area contributed by atoms with Gasteiger partial charge in [0.25, 0.3) is 0 Å². The number of halogens is 1. The van der Waals surface area contributed by atoms with E-state index < -0.39 is 17.5 Å². The standard InChI is InChI=1S/C15H19ClN2O3/c1-3-15(4-2,10-5-7-11(16)8-6-10)17-14(19)12-9-13(12)18(20)21/h5-8,12-13H,3-4,9H2,1-2H3,(H,17,19). The molecule has 1 aromatic carbocycles. The number of carbonyl (C=O) groups excluding carboxylic acids is 1. The van der Waals surface area contributed by atoms with Gasteiger partial charge in [0.2, 0.25) is 11.9 Å². The van der Waals surface area contributed by atoms with Gasteiger partial charge in [0.05, 0.1) is 5.54 Å². The predicted molar refractivity (Wildman–Crippen MR) is 80.7 cm³/mol. The molecule has 1 amide bonds. The molecule has 0 bridgehead atoms. The van der Waals surface area contributed by atoms with Crippen molar-refractivity contribution in [3.05, 3.63) is 45.0 Å². The van der Waals surface area contributed by atoms with Crippen LogP contribution in [0.2, 0.25) is 5.02 Å². The van der Waals surface area contributed by atoms with Crippen LogP contribution in [0, 0.1) is 16.0 Å². The molecule has 1 aliphatic rings. The van der Waals surface area contributed by atoms with E-state index in [2.05, 4.69) is 5.32 Å². The predicted octanol–water partition coefficient (Wildman–Crippen LogP) is 3.14. The van der Waals surface area contributed by atoms with Crippen LogP contribution in [0.3, 0.4) is 0 Å². The number of hydrogen-bond acceptors (Lipinski definition) is 3. The normalized spacial score (nSPS) is 20.9. The van der Waals surface area contributed by atoms with Gasteiger partial charge in [0.15, 0.2) is 0 Å². The van der Waals surface area contributed by atoms with Crippen molar-refractivity contribution >= 4 is 17.5 Å². The molecule has 2 rings (SSSR count). The fourth-order valence-electron chi connectivity index (χ4n) is 2.70. The number of rotatable bonds is 6. The molecule has 0 heterocycles. The van der Waals surface area contributed by atoms with E-state index in [1.54, 1.807) is 12.1 Å². The van der Waals surface area contributed by atoms with Crippen LogP contribution < -0.4 is 5.32 Å². The minimum atomic E-state index is -0.721. The summed E-state index contributed by atoms with van der Waals surface area (Å²) >= 11 is 5.91. The average Bonchev–Trinajstić information content (AvgIpc) is 3.26. The van der Waals surface area contributed by atoms with Crippen molar-refractivity contribution in [2.45, 2.75) is 44.7 Å². The van der Waals surface area contributed by atoms with E-state index in [1.807, 2.05) is 26.0 Å². The molecule has 0 aromatic heterocycles. The molecule has 1 aromatic rings. The maximum absolute atomic E-state index is 12.3. The zero-order chi connectivity index (χ0) is 15.6. The molecular formula is C15H19ClN2O3. The highest BCUT2D eigenvalue weighted by Crippen LogP contribution is 2.36. The molecule has 1 saturated carbocycles. The summed E-state index contributed by atoms with van der Waals surface area (Å²) in [4.78, 5) is 22.6. The second-order valence-corrected chi connectivity index (χ2v) is 5.92. The summed E-state index contributed by atoms with van der Waals surface area (Å²) in [5.41, 5.74) is 0.481. The molecule has 2 unspecified atom stereocenters. The third kappa shape index (κ3) is 3.18. The highest BCUT2D eigenvalue weighted by Gasteiger charge is 2.54.